The number of ether oxygens (including phenoxy) is 2. The van der Waals surface area contributed by atoms with Gasteiger partial charge in [-0.1, -0.05) is 12.1 Å². The molecule has 1 atom stereocenters. The molecule has 0 aliphatic carbocycles. The summed E-state index contributed by atoms with van der Waals surface area (Å²) < 4.78 is 44.8. The lowest BCUT2D eigenvalue weighted by molar-refractivity contribution is -0.175. The van der Waals surface area contributed by atoms with Crippen molar-refractivity contribution in [2.45, 2.75) is 19.2 Å². The number of rotatable bonds is 6. The Morgan fingerprint density at radius 3 is 2.28 bits per heavy atom. The number of halogens is 3. The molecule has 0 aliphatic rings. The first-order valence-corrected chi connectivity index (χ1v) is 5.44. The van der Waals surface area contributed by atoms with Crippen LogP contribution in [0.15, 0.2) is 24.3 Å². The second-order valence-corrected chi connectivity index (χ2v) is 3.76. The van der Waals surface area contributed by atoms with Gasteiger partial charge in [0.25, 0.3) is 0 Å². The summed E-state index contributed by atoms with van der Waals surface area (Å²) in [4.78, 5) is 0. The molecule has 3 nitrogen and oxygen atoms in total. The summed E-state index contributed by atoms with van der Waals surface area (Å²) in [6.45, 7) is 0.292. The summed E-state index contributed by atoms with van der Waals surface area (Å²) in [5.74, 6) is 0.523. The summed E-state index contributed by atoms with van der Waals surface area (Å²) in [5, 5.41) is 9.27. The lowest BCUT2D eigenvalue weighted by atomic mass is 10.1. The lowest BCUT2D eigenvalue weighted by Crippen LogP contribution is -2.19. The molecule has 0 aromatic heterocycles. The van der Waals surface area contributed by atoms with Gasteiger partial charge >= 0.3 is 6.18 Å². The van der Waals surface area contributed by atoms with E-state index in [-0.39, 0.29) is 13.2 Å². The minimum Gasteiger partial charge on any atom is -0.491 e. The summed E-state index contributed by atoms with van der Waals surface area (Å²) in [6, 6.07) is 6.67. The quantitative estimate of drug-likeness (QED) is 0.803. The Labute approximate surface area is 103 Å². The third-order valence-corrected chi connectivity index (χ3v) is 2.12. The number of hydrogen-bond acceptors (Lipinski definition) is 3. The standard InChI is InChI=1S/C12H15F3O3/c1-9(16)10-2-4-11(5-3-10)18-7-6-17-8-12(13,14)15/h2-5,9,16H,6-8H2,1H3/t9-/m0/s1. The van der Waals surface area contributed by atoms with Gasteiger partial charge in [-0.05, 0) is 24.6 Å². The van der Waals surface area contributed by atoms with Crippen LogP contribution in [-0.4, -0.2) is 31.1 Å². The van der Waals surface area contributed by atoms with E-state index in [1.165, 1.54) is 0 Å². The zero-order valence-electron chi connectivity index (χ0n) is 9.91. The molecular formula is C12H15F3O3. The molecule has 0 unspecified atom stereocenters. The van der Waals surface area contributed by atoms with Crippen LogP contribution in [-0.2, 0) is 4.74 Å². The molecule has 1 aromatic carbocycles. The molecule has 6 heteroatoms. The fourth-order valence-electron chi connectivity index (χ4n) is 1.25. The van der Waals surface area contributed by atoms with E-state index in [0.717, 1.165) is 5.56 Å². The van der Waals surface area contributed by atoms with Crippen molar-refractivity contribution in [1.29, 1.82) is 0 Å². The highest BCUT2D eigenvalue weighted by molar-refractivity contribution is 5.28. The second kappa shape index (κ2) is 6.61. The van der Waals surface area contributed by atoms with E-state index in [1.54, 1.807) is 31.2 Å². The fraction of sp³-hybridized carbons (Fsp3) is 0.500. The predicted octanol–water partition coefficient (Wildman–Crippen LogP) is 2.70. The molecular weight excluding hydrogens is 249 g/mol. The topological polar surface area (TPSA) is 38.7 Å². The minimum absolute atomic E-state index is 0.0457. The molecule has 0 radical (unpaired) electrons. The first kappa shape index (κ1) is 14.8. The zero-order valence-corrected chi connectivity index (χ0v) is 9.91. The maximum atomic E-state index is 11.7. The summed E-state index contributed by atoms with van der Waals surface area (Å²) in [6.07, 6.45) is -4.87. The highest BCUT2D eigenvalue weighted by Gasteiger charge is 2.27. The largest absolute Gasteiger partial charge is 0.491 e. The van der Waals surface area contributed by atoms with Crippen LogP contribution in [0.5, 0.6) is 5.75 Å². The zero-order chi connectivity index (χ0) is 13.6. The molecule has 1 rings (SSSR count). The van der Waals surface area contributed by atoms with Crippen LogP contribution < -0.4 is 4.74 Å². The highest BCUT2D eigenvalue weighted by atomic mass is 19.4. The smallest absolute Gasteiger partial charge is 0.411 e. The van der Waals surface area contributed by atoms with Crippen LogP contribution in [0.25, 0.3) is 0 Å². The third-order valence-electron chi connectivity index (χ3n) is 2.12. The van der Waals surface area contributed by atoms with Crippen molar-refractivity contribution >= 4 is 0 Å². The minimum atomic E-state index is -4.31. The van der Waals surface area contributed by atoms with Crippen molar-refractivity contribution in [2.75, 3.05) is 19.8 Å². The van der Waals surface area contributed by atoms with Crippen LogP contribution in [0.1, 0.15) is 18.6 Å². The normalized spacial score (nSPS) is 13.4. The van der Waals surface area contributed by atoms with Crippen LogP contribution >= 0.6 is 0 Å². The Hall–Kier alpha value is -1.27. The van der Waals surface area contributed by atoms with Gasteiger partial charge in [0.15, 0.2) is 0 Å². The predicted molar refractivity (Wildman–Crippen MR) is 59.4 cm³/mol. The van der Waals surface area contributed by atoms with E-state index < -0.39 is 18.9 Å². The second-order valence-electron chi connectivity index (χ2n) is 3.76. The molecule has 0 fully saturated rings. The molecule has 0 aliphatic heterocycles. The van der Waals surface area contributed by atoms with E-state index in [9.17, 15) is 18.3 Å². The fourth-order valence-corrected chi connectivity index (χ4v) is 1.25. The molecule has 0 heterocycles. The monoisotopic (exact) mass is 264 g/mol. The van der Waals surface area contributed by atoms with E-state index >= 15 is 0 Å². The van der Waals surface area contributed by atoms with E-state index in [0.29, 0.717) is 5.75 Å². The summed E-state index contributed by atoms with van der Waals surface area (Å²) >= 11 is 0. The Bertz CT molecular complexity index is 347. The molecule has 18 heavy (non-hydrogen) atoms. The van der Waals surface area contributed by atoms with Crippen molar-refractivity contribution < 1.29 is 27.8 Å². The van der Waals surface area contributed by atoms with Gasteiger partial charge in [-0.25, -0.2) is 0 Å². The molecule has 0 spiro atoms. The Balaban J connectivity index is 2.23. The summed E-state index contributed by atoms with van der Waals surface area (Å²) in [7, 11) is 0. The van der Waals surface area contributed by atoms with Gasteiger partial charge in [0.05, 0.1) is 12.7 Å². The Morgan fingerprint density at radius 2 is 1.78 bits per heavy atom. The molecule has 102 valence electrons. The number of benzene rings is 1. The average Bonchev–Trinajstić information content (AvgIpc) is 2.27. The molecule has 1 N–H and O–H groups in total. The SMILES string of the molecule is C[C@H](O)c1ccc(OCCOCC(F)(F)F)cc1. The first-order valence-electron chi connectivity index (χ1n) is 5.44. The van der Waals surface area contributed by atoms with Gasteiger partial charge < -0.3 is 14.6 Å². The van der Waals surface area contributed by atoms with Gasteiger partial charge in [-0.2, -0.15) is 13.2 Å². The number of aliphatic hydroxyl groups excluding tert-OH is 1. The Kier molecular flexibility index (Phi) is 5.43. The van der Waals surface area contributed by atoms with Crippen LogP contribution in [0.4, 0.5) is 13.2 Å². The van der Waals surface area contributed by atoms with Crippen LogP contribution in [0.2, 0.25) is 0 Å². The van der Waals surface area contributed by atoms with E-state index in [2.05, 4.69) is 4.74 Å². The first-order chi connectivity index (χ1) is 8.38. The highest BCUT2D eigenvalue weighted by Crippen LogP contribution is 2.17. The van der Waals surface area contributed by atoms with Gasteiger partial charge in [0.1, 0.15) is 19.0 Å². The van der Waals surface area contributed by atoms with E-state index in [1.807, 2.05) is 0 Å². The van der Waals surface area contributed by atoms with Gasteiger partial charge in [0.2, 0.25) is 0 Å². The third kappa shape index (κ3) is 5.88. The molecule has 0 bridgehead atoms. The molecule has 0 saturated heterocycles. The van der Waals surface area contributed by atoms with Crippen molar-refractivity contribution in [2.24, 2.45) is 0 Å². The van der Waals surface area contributed by atoms with Crippen LogP contribution in [0, 0.1) is 0 Å². The average molecular weight is 264 g/mol. The summed E-state index contributed by atoms with van der Waals surface area (Å²) in [5.41, 5.74) is 0.746. The van der Waals surface area contributed by atoms with Crippen molar-refractivity contribution in [1.82, 2.24) is 0 Å². The molecule has 1 aromatic rings. The van der Waals surface area contributed by atoms with Crippen molar-refractivity contribution in [3.8, 4) is 5.75 Å². The van der Waals surface area contributed by atoms with Gasteiger partial charge in [-0.3, -0.25) is 0 Å². The molecule has 0 saturated carbocycles. The number of hydrogen-bond donors (Lipinski definition) is 1. The van der Waals surface area contributed by atoms with Gasteiger partial charge in [0, 0.05) is 0 Å². The maximum absolute atomic E-state index is 11.7. The number of aliphatic hydroxyl groups is 1. The number of alkyl halides is 3. The van der Waals surface area contributed by atoms with Crippen molar-refractivity contribution in [3.63, 3.8) is 0 Å². The van der Waals surface area contributed by atoms with E-state index in [4.69, 9.17) is 4.74 Å². The molecule has 0 amide bonds. The van der Waals surface area contributed by atoms with Gasteiger partial charge in [-0.15, -0.1) is 0 Å². The maximum Gasteiger partial charge on any atom is 0.411 e. The van der Waals surface area contributed by atoms with Crippen LogP contribution in [0.3, 0.4) is 0 Å². The Morgan fingerprint density at radius 1 is 1.17 bits per heavy atom. The van der Waals surface area contributed by atoms with Crippen molar-refractivity contribution in [3.05, 3.63) is 29.8 Å². The lowest BCUT2D eigenvalue weighted by Gasteiger charge is -2.10.